The van der Waals surface area contributed by atoms with Crippen molar-refractivity contribution in [3.05, 3.63) is 63.3 Å². The number of benzene rings is 1. The molecule has 0 aliphatic carbocycles. The summed E-state index contributed by atoms with van der Waals surface area (Å²) in [5.74, 6) is 1.60. The average molecular weight is 426 g/mol. The largest absolute Gasteiger partial charge is 0.497 e. The minimum absolute atomic E-state index is 0.107. The van der Waals surface area contributed by atoms with E-state index in [-0.39, 0.29) is 12.5 Å². The summed E-state index contributed by atoms with van der Waals surface area (Å²) in [6, 6.07) is 8.62. The molecule has 0 saturated carbocycles. The molecule has 4 rings (SSSR count). The highest BCUT2D eigenvalue weighted by molar-refractivity contribution is 5.76. The van der Waals surface area contributed by atoms with Crippen LogP contribution in [0.5, 0.6) is 5.75 Å². The van der Waals surface area contributed by atoms with E-state index in [1.807, 2.05) is 24.3 Å². The summed E-state index contributed by atoms with van der Waals surface area (Å²) in [6.07, 6.45) is 1.32. The summed E-state index contributed by atoms with van der Waals surface area (Å²) in [5.41, 5.74) is -0.245. The van der Waals surface area contributed by atoms with Crippen LogP contribution in [0.3, 0.4) is 0 Å². The number of methoxy groups -OCH3 is 1. The summed E-state index contributed by atoms with van der Waals surface area (Å²) < 4.78 is 11.7. The summed E-state index contributed by atoms with van der Waals surface area (Å²) in [5, 5.41) is 4.04. The molecule has 11 heteroatoms. The Morgan fingerprint density at radius 2 is 1.87 bits per heavy atom. The number of aromatic amines is 1. The lowest BCUT2D eigenvalue weighted by molar-refractivity contribution is -0.133. The summed E-state index contributed by atoms with van der Waals surface area (Å²) in [4.78, 5) is 45.8. The van der Waals surface area contributed by atoms with Gasteiger partial charge >= 0.3 is 5.69 Å². The minimum atomic E-state index is -0.594. The van der Waals surface area contributed by atoms with E-state index in [0.717, 1.165) is 11.3 Å². The number of ether oxygens (including phenoxy) is 1. The fourth-order valence-electron chi connectivity index (χ4n) is 3.34. The van der Waals surface area contributed by atoms with E-state index in [4.69, 9.17) is 9.26 Å². The fourth-order valence-corrected chi connectivity index (χ4v) is 3.34. The van der Waals surface area contributed by atoms with Crippen LogP contribution in [0.4, 0.5) is 0 Å². The quantitative estimate of drug-likeness (QED) is 0.581. The first kappa shape index (κ1) is 20.5. The molecule has 0 radical (unpaired) electrons. The van der Waals surface area contributed by atoms with Crippen molar-refractivity contribution in [2.24, 2.45) is 0 Å². The van der Waals surface area contributed by atoms with Crippen molar-refractivity contribution in [2.75, 3.05) is 33.3 Å². The fraction of sp³-hybridized carbons (Fsp3) is 0.350. The second-order valence-corrected chi connectivity index (χ2v) is 7.14. The molecule has 1 N–H and O–H groups in total. The van der Waals surface area contributed by atoms with E-state index in [1.165, 1.54) is 16.8 Å². The molecule has 1 amide bonds. The van der Waals surface area contributed by atoms with E-state index in [1.54, 1.807) is 12.0 Å². The Hall–Kier alpha value is -3.73. The lowest BCUT2D eigenvalue weighted by Gasteiger charge is -2.34. The van der Waals surface area contributed by atoms with Crippen LogP contribution in [0.25, 0.3) is 11.4 Å². The number of nitrogens with one attached hydrogen (secondary N) is 1. The van der Waals surface area contributed by atoms with Crippen LogP contribution in [-0.4, -0.2) is 68.7 Å². The van der Waals surface area contributed by atoms with Gasteiger partial charge in [-0.3, -0.25) is 24.0 Å². The molecule has 1 saturated heterocycles. The third-order valence-corrected chi connectivity index (χ3v) is 5.10. The van der Waals surface area contributed by atoms with Gasteiger partial charge in [0.25, 0.3) is 5.56 Å². The molecule has 3 aromatic rings. The van der Waals surface area contributed by atoms with Gasteiger partial charge in [0.15, 0.2) is 0 Å². The first-order valence-electron chi connectivity index (χ1n) is 9.79. The zero-order valence-corrected chi connectivity index (χ0v) is 17.0. The number of carbonyl (C=O) groups excluding carboxylic acids is 1. The summed E-state index contributed by atoms with van der Waals surface area (Å²) in [7, 11) is 1.61. The Bertz CT molecular complexity index is 1160. The second-order valence-electron chi connectivity index (χ2n) is 7.14. The zero-order chi connectivity index (χ0) is 21.8. The molecule has 0 unspecified atom stereocenters. The van der Waals surface area contributed by atoms with Crippen LogP contribution in [0.1, 0.15) is 5.89 Å². The number of nitrogens with zero attached hydrogens (tertiary/aromatic N) is 5. The maximum Gasteiger partial charge on any atom is 0.328 e. The van der Waals surface area contributed by atoms with Crippen LogP contribution < -0.4 is 16.0 Å². The van der Waals surface area contributed by atoms with Crippen LogP contribution >= 0.6 is 0 Å². The lowest BCUT2D eigenvalue weighted by Crippen LogP contribution is -2.49. The standard InChI is InChI=1S/C20H22N6O5/c1-30-15-4-2-14(3-5-15)19-22-17(31-23-19)12-24-8-10-25(11-9-24)18(28)13-26-7-6-16(27)21-20(26)29/h2-7H,8-13H2,1H3,(H,21,27,29). The molecule has 3 heterocycles. The normalized spacial score (nSPS) is 14.5. The van der Waals surface area contributed by atoms with Crippen molar-refractivity contribution < 1.29 is 14.1 Å². The molecule has 1 aliphatic rings. The molecule has 1 aliphatic heterocycles. The van der Waals surface area contributed by atoms with Gasteiger partial charge in [-0.05, 0) is 24.3 Å². The van der Waals surface area contributed by atoms with Crippen molar-refractivity contribution >= 4 is 5.91 Å². The van der Waals surface area contributed by atoms with Crippen LogP contribution in [0.15, 0.2) is 50.6 Å². The monoisotopic (exact) mass is 426 g/mol. The number of rotatable bonds is 6. The number of hydrogen-bond acceptors (Lipinski definition) is 8. The molecule has 31 heavy (non-hydrogen) atoms. The topological polar surface area (TPSA) is 127 Å². The van der Waals surface area contributed by atoms with Gasteiger partial charge in [0, 0.05) is 44.0 Å². The number of hydrogen-bond donors (Lipinski definition) is 1. The summed E-state index contributed by atoms with van der Waals surface area (Å²) in [6.45, 7) is 2.72. The van der Waals surface area contributed by atoms with E-state index < -0.39 is 11.2 Å². The van der Waals surface area contributed by atoms with Gasteiger partial charge in [-0.15, -0.1) is 0 Å². The maximum atomic E-state index is 12.5. The molecular formula is C20H22N6O5. The molecule has 11 nitrogen and oxygen atoms in total. The molecule has 1 fully saturated rings. The molecule has 0 spiro atoms. The van der Waals surface area contributed by atoms with Crippen LogP contribution in [-0.2, 0) is 17.9 Å². The van der Waals surface area contributed by atoms with Crippen molar-refractivity contribution in [1.82, 2.24) is 29.5 Å². The Kier molecular flexibility index (Phi) is 5.94. The number of amides is 1. The smallest absolute Gasteiger partial charge is 0.328 e. The Morgan fingerprint density at radius 1 is 1.13 bits per heavy atom. The Morgan fingerprint density at radius 3 is 2.55 bits per heavy atom. The third-order valence-electron chi connectivity index (χ3n) is 5.10. The Balaban J connectivity index is 1.30. The van der Waals surface area contributed by atoms with Gasteiger partial charge in [0.05, 0.1) is 13.7 Å². The zero-order valence-electron chi connectivity index (χ0n) is 17.0. The number of H-pyrrole nitrogens is 1. The van der Waals surface area contributed by atoms with E-state index in [2.05, 4.69) is 20.0 Å². The molecular weight excluding hydrogens is 404 g/mol. The number of aromatic nitrogens is 4. The molecule has 1 aromatic carbocycles. The van der Waals surface area contributed by atoms with Gasteiger partial charge < -0.3 is 14.2 Å². The predicted octanol–water partition coefficient (Wildman–Crippen LogP) is -0.0604. The van der Waals surface area contributed by atoms with E-state index >= 15 is 0 Å². The highest BCUT2D eigenvalue weighted by Crippen LogP contribution is 2.20. The van der Waals surface area contributed by atoms with Gasteiger partial charge in [-0.1, -0.05) is 5.16 Å². The average Bonchev–Trinajstić information content (AvgIpc) is 3.24. The van der Waals surface area contributed by atoms with Crippen molar-refractivity contribution in [2.45, 2.75) is 13.1 Å². The predicted molar refractivity (Wildman–Crippen MR) is 109 cm³/mol. The Labute approximate surface area is 176 Å². The van der Waals surface area contributed by atoms with Crippen molar-refractivity contribution in [1.29, 1.82) is 0 Å². The van der Waals surface area contributed by atoms with Crippen LogP contribution in [0.2, 0.25) is 0 Å². The van der Waals surface area contributed by atoms with Crippen molar-refractivity contribution in [3.63, 3.8) is 0 Å². The van der Waals surface area contributed by atoms with Gasteiger partial charge in [0.2, 0.25) is 17.6 Å². The molecule has 162 valence electrons. The molecule has 2 aromatic heterocycles. The SMILES string of the molecule is COc1ccc(-c2noc(CN3CCN(C(=O)Cn4ccc(=O)[nH]c4=O)CC3)n2)cc1. The van der Waals surface area contributed by atoms with E-state index in [0.29, 0.717) is 44.4 Å². The minimum Gasteiger partial charge on any atom is -0.497 e. The van der Waals surface area contributed by atoms with E-state index in [9.17, 15) is 14.4 Å². The second kappa shape index (κ2) is 8.96. The third kappa shape index (κ3) is 4.89. The summed E-state index contributed by atoms with van der Waals surface area (Å²) >= 11 is 0. The molecule has 0 atom stereocenters. The molecule has 0 bridgehead atoms. The highest BCUT2D eigenvalue weighted by Gasteiger charge is 2.23. The lowest BCUT2D eigenvalue weighted by atomic mass is 10.2. The van der Waals surface area contributed by atoms with Crippen molar-refractivity contribution in [3.8, 4) is 17.1 Å². The first-order chi connectivity index (χ1) is 15.0. The maximum absolute atomic E-state index is 12.5. The van der Waals surface area contributed by atoms with Gasteiger partial charge in [-0.25, -0.2) is 4.79 Å². The van der Waals surface area contributed by atoms with Crippen LogP contribution in [0, 0.1) is 0 Å². The van der Waals surface area contributed by atoms with Gasteiger partial charge in [0.1, 0.15) is 12.3 Å². The first-order valence-corrected chi connectivity index (χ1v) is 9.79. The number of piperazine rings is 1. The number of carbonyl (C=O) groups is 1. The van der Waals surface area contributed by atoms with Gasteiger partial charge in [-0.2, -0.15) is 4.98 Å². The highest BCUT2D eigenvalue weighted by atomic mass is 16.5.